The second-order valence-corrected chi connectivity index (χ2v) is 5.42. The quantitative estimate of drug-likeness (QED) is 0.511. The molecule has 0 radical (unpaired) electrons. The normalized spacial score (nSPS) is 11.4. The molecule has 0 spiro atoms. The third-order valence-corrected chi connectivity index (χ3v) is 3.67. The Bertz CT molecular complexity index is 615. The highest BCUT2D eigenvalue weighted by atomic mass is 32.1. The summed E-state index contributed by atoms with van der Waals surface area (Å²) >= 11 is 1.46. The van der Waals surface area contributed by atoms with Crippen LogP contribution in [0.5, 0.6) is 0 Å². The van der Waals surface area contributed by atoms with Crippen molar-refractivity contribution >= 4 is 28.6 Å². The van der Waals surface area contributed by atoms with Gasteiger partial charge in [0.2, 0.25) is 0 Å². The van der Waals surface area contributed by atoms with Gasteiger partial charge in [-0.1, -0.05) is 17.3 Å². The predicted molar refractivity (Wildman–Crippen MR) is 77.4 cm³/mol. The average Bonchev–Trinajstić information content (AvgIpc) is 2.85. The summed E-state index contributed by atoms with van der Waals surface area (Å²) < 4.78 is 0. The molecule has 0 bridgehead atoms. The van der Waals surface area contributed by atoms with Crippen LogP contribution < -0.4 is 5.32 Å². The predicted octanol–water partition coefficient (Wildman–Crippen LogP) is 3.51. The lowest BCUT2D eigenvalue weighted by Crippen LogP contribution is -2.10. The van der Waals surface area contributed by atoms with Crippen molar-refractivity contribution < 1.29 is 10.0 Å². The molecule has 5 heteroatoms. The molecule has 2 N–H and O–H groups in total. The summed E-state index contributed by atoms with van der Waals surface area (Å²) in [7, 11) is 0. The summed E-state index contributed by atoms with van der Waals surface area (Å²) in [5.41, 5.74) is 2.06. The molecular weight excluding hydrogens is 260 g/mol. The van der Waals surface area contributed by atoms with E-state index in [1.165, 1.54) is 11.3 Å². The summed E-state index contributed by atoms with van der Waals surface area (Å²) in [6.45, 7) is 3.68. The fraction of sp³-hybridized carbons (Fsp3) is 0.143. The molecule has 2 rings (SSSR count). The van der Waals surface area contributed by atoms with Crippen molar-refractivity contribution in [3.05, 3.63) is 51.7 Å². The minimum Gasteiger partial charge on any atom is -0.411 e. The fourth-order valence-electron chi connectivity index (χ4n) is 1.60. The van der Waals surface area contributed by atoms with Gasteiger partial charge in [-0.05, 0) is 43.7 Å². The Labute approximate surface area is 115 Å². The summed E-state index contributed by atoms with van der Waals surface area (Å²) in [5, 5.41) is 14.6. The van der Waals surface area contributed by atoms with Gasteiger partial charge in [0.1, 0.15) is 0 Å². The second-order valence-electron chi connectivity index (χ2n) is 4.13. The minimum absolute atomic E-state index is 0.113. The first-order chi connectivity index (χ1) is 9.10. The van der Waals surface area contributed by atoms with Gasteiger partial charge in [-0.25, -0.2) is 0 Å². The van der Waals surface area contributed by atoms with Crippen molar-refractivity contribution in [3.63, 3.8) is 0 Å². The lowest BCUT2D eigenvalue weighted by Gasteiger charge is -2.04. The number of carbonyl (C=O) groups excluding carboxylic acids is 1. The molecule has 0 atom stereocenters. The van der Waals surface area contributed by atoms with Crippen molar-refractivity contribution in [1.29, 1.82) is 0 Å². The summed E-state index contributed by atoms with van der Waals surface area (Å²) in [5.74, 6) is -0.113. The van der Waals surface area contributed by atoms with Crippen LogP contribution in [0.4, 0.5) is 5.69 Å². The number of hydrogen-bond acceptors (Lipinski definition) is 4. The first kappa shape index (κ1) is 13.3. The maximum absolute atomic E-state index is 11.9. The fourth-order valence-corrected chi connectivity index (χ4v) is 2.36. The van der Waals surface area contributed by atoms with Crippen molar-refractivity contribution in [1.82, 2.24) is 0 Å². The zero-order chi connectivity index (χ0) is 13.8. The number of benzene rings is 1. The number of amides is 1. The Morgan fingerprint density at radius 1 is 1.21 bits per heavy atom. The number of hydrogen-bond donors (Lipinski definition) is 2. The highest BCUT2D eigenvalue weighted by molar-refractivity contribution is 7.14. The van der Waals surface area contributed by atoms with E-state index in [2.05, 4.69) is 10.5 Å². The Balaban J connectivity index is 2.10. The van der Waals surface area contributed by atoms with E-state index in [-0.39, 0.29) is 5.91 Å². The smallest absolute Gasteiger partial charge is 0.265 e. The van der Waals surface area contributed by atoms with Crippen molar-refractivity contribution in [2.24, 2.45) is 5.16 Å². The van der Waals surface area contributed by atoms with Gasteiger partial charge < -0.3 is 10.5 Å². The molecule has 98 valence electrons. The van der Waals surface area contributed by atoms with Gasteiger partial charge >= 0.3 is 0 Å². The monoisotopic (exact) mass is 274 g/mol. The van der Waals surface area contributed by atoms with Gasteiger partial charge in [-0.2, -0.15) is 0 Å². The third-order valence-electron chi connectivity index (χ3n) is 2.67. The third kappa shape index (κ3) is 3.20. The number of carbonyl (C=O) groups is 1. The van der Waals surface area contributed by atoms with Gasteiger partial charge in [0.05, 0.1) is 10.6 Å². The molecule has 0 aliphatic carbocycles. The van der Waals surface area contributed by atoms with E-state index in [1.807, 2.05) is 19.1 Å². The number of oxime groups is 1. The van der Waals surface area contributed by atoms with Crippen LogP contribution in [0.2, 0.25) is 0 Å². The maximum Gasteiger partial charge on any atom is 0.265 e. The molecular formula is C14H14N2O2S. The topological polar surface area (TPSA) is 61.7 Å². The van der Waals surface area contributed by atoms with Gasteiger partial charge in [-0.3, -0.25) is 4.79 Å². The Kier molecular flexibility index (Phi) is 3.97. The molecule has 0 saturated heterocycles. The van der Waals surface area contributed by atoms with Crippen LogP contribution in [0.1, 0.15) is 27.0 Å². The zero-order valence-corrected chi connectivity index (χ0v) is 11.5. The lowest BCUT2D eigenvalue weighted by atomic mass is 10.1. The molecule has 1 aromatic carbocycles. The molecule has 1 amide bonds. The zero-order valence-electron chi connectivity index (χ0n) is 10.7. The number of thiophene rings is 1. The van der Waals surface area contributed by atoms with Gasteiger partial charge in [0.25, 0.3) is 5.91 Å². The summed E-state index contributed by atoms with van der Waals surface area (Å²) in [6.07, 6.45) is 0. The Morgan fingerprint density at radius 2 is 1.89 bits per heavy atom. The minimum atomic E-state index is -0.113. The molecule has 1 aromatic heterocycles. The molecule has 2 aromatic rings. The highest BCUT2D eigenvalue weighted by Crippen LogP contribution is 2.17. The molecule has 0 aliphatic rings. The number of aryl methyl sites for hydroxylation is 1. The molecule has 4 nitrogen and oxygen atoms in total. The molecule has 19 heavy (non-hydrogen) atoms. The van der Waals surface area contributed by atoms with Crippen LogP contribution >= 0.6 is 11.3 Å². The lowest BCUT2D eigenvalue weighted by molar-refractivity contribution is 0.103. The second kappa shape index (κ2) is 5.67. The van der Waals surface area contributed by atoms with Crippen LogP contribution in [0, 0.1) is 6.92 Å². The van der Waals surface area contributed by atoms with Crippen molar-refractivity contribution in [2.45, 2.75) is 13.8 Å². The van der Waals surface area contributed by atoms with Crippen LogP contribution in [-0.2, 0) is 0 Å². The Morgan fingerprint density at radius 3 is 2.42 bits per heavy atom. The van der Waals surface area contributed by atoms with E-state index in [9.17, 15) is 4.79 Å². The van der Waals surface area contributed by atoms with Crippen molar-refractivity contribution in [2.75, 3.05) is 5.32 Å². The van der Waals surface area contributed by atoms with Crippen LogP contribution in [-0.4, -0.2) is 16.8 Å². The van der Waals surface area contributed by atoms with E-state index < -0.39 is 0 Å². The van der Waals surface area contributed by atoms with E-state index in [0.717, 1.165) is 10.4 Å². The number of anilines is 1. The first-order valence-corrected chi connectivity index (χ1v) is 6.58. The first-order valence-electron chi connectivity index (χ1n) is 5.77. The van der Waals surface area contributed by atoms with Crippen LogP contribution in [0.3, 0.4) is 0 Å². The number of nitrogens with zero attached hydrogens (tertiary/aromatic N) is 1. The van der Waals surface area contributed by atoms with E-state index >= 15 is 0 Å². The van der Waals surface area contributed by atoms with Crippen LogP contribution in [0.25, 0.3) is 0 Å². The SMILES string of the molecule is C/C(=N\O)c1ccc(NC(=O)c2ccc(C)s2)cc1. The standard InChI is InChI=1S/C14H14N2O2S/c1-9-3-8-13(19-9)14(17)15-12-6-4-11(5-7-12)10(2)16-18/h3-8,18H,1-2H3,(H,15,17)/b16-10+. The molecule has 0 aliphatic heterocycles. The number of nitrogens with one attached hydrogen (secondary N) is 1. The molecule has 1 heterocycles. The largest absolute Gasteiger partial charge is 0.411 e. The van der Waals surface area contributed by atoms with Gasteiger partial charge in [0.15, 0.2) is 0 Å². The van der Waals surface area contributed by atoms with Gasteiger partial charge in [0, 0.05) is 10.6 Å². The maximum atomic E-state index is 11.9. The molecule has 0 fully saturated rings. The Hall–Kier alpha value is -2.14. The average molecular weight is 274 g/mol. The molecule has 0 saturated carbocycles. The van der Waals surface area contributed by atoms with Crippen LogP contribution in [0.15, 0.2) is 41.6 Å². The summed E-state index contributed by atoms with van der Waals surface area (Å²) in [4.78, 5) is 13.7. The van der Waals surface area contributed by atoms with Gasteiger partial charge in [-0.15, -0.1) is 11.3 Å². The van der Waals surface area contributed by atoms with E-state index in [4.69, 9.17) is 5.21 Å². The number of rotatable bonds is 3. The van der Waals surface area contributed by atoms with E-state index in [1.54, 1.807) is 31.2 Å². The van der Waals surface area contributed by atoms with E-state index in [0.29, 0.717) is 16.3 Å². The molecule has 0 unspecified atom stereocenters. The highest BCUT2D eigenvalue weighted by Gasteiger charge is 2.08. The van der Waals surface area contributed by atoms with Crippen molar-refractivity contribution in [3.8, 4) is 0 Å². The summed E-state index contributed by atoms with van der Waals surface area (Å²) in [6, 6.07) is 10.9.